The first-order valence-corrected chi connectivity index (χ1v) is 6.25. The van der Waals surface area contributed by atoms with E-state index in [9.17, 15) is 0 Å². The third-order valence-corrected chi connectivity index (χ3v) is 2.51. The molecule has 0 aromatic carbocycles. The van der Waals surface area contributed by atoms with Gasteiger partial charge in [0.2, 0.25) is 5.88 Å². The molecule has 1 saturated heterocycles. The Bertz CT molecular complexity index is 462. The van der Waals surface area contributed by atoms with Gasteiger partial charge in [0.05, 0.1) is 0 Å². The van der Waals surface area contributed by atoms with Crippen molar-refractivity contribution in [2.24, 2.45) is 5.41 Å². The van der Waals surface area contributed by atoms with Crippen LogP contribution in [0.1, 0.15) is 32.9 Å². The first kappa shape index (κ1) is 12.8. The summed E-state index contributed by atoms with van der Waals surface area (Å²) in [6.45, 7) is 8.10. The summed E-state index contributed by atoms with van der Waals surface area (Å²) in [6, 6.07) is 1.80. The lowest BCUT2D eigenvalue weighted by Gasteiger charge is -2.11. The van der Waals surface area contributed by atoms with Crippen LogP contribution in [-0.2, 0) is 0 Å². The van der Waals surface area contributed by atoms with Crippen molar-refractivity contribution in [3.8, 4) is 17.7 Å². The third kappa shape index (κ3) is 4.01. The average Bonchev–Trinajstić information content (AvgIpc) is 2.79. The van der Waals surface area contributed by atoms with Gasteiger partial charge in [-0.15, -0.1) is 0 Å². The van der Waals surface area contributed by atoms with Crippen LogP contribution in [0.25, 0.3) is 0 Å². The predicted octanol–water partition coefficient (Wildman–Crippen LogP) is 1.61. The van der Waals surface area contributed by atoms with E-state index >= 15 is 0 Å². The van der Waals surface area contributed by atoms with Crippen molar-refractivity contribution in [1.29, 1.82) is 0 Å². The summed E-state index contributed by atoms with van der Waals surface area (Å²) in [7, 11) is 0. The van der Waals surface area contributed by atoms with Crippen LogP contribution in [0.2, 0.25) is 0 Å². The summed E-state index contributed by atoms with van der Waals surface area (Å²) in [5.74, 6) is 6.81. The van der Waals surface area contributed by atoms with E-state index in [2.05, 4.69) is 47.9 Å². The molecule has 2 rings (SSSR count). The van der Waals surface area contributed by atoms with E-state index < -0.39 is 0 Å². The number of aromatic nitrogens is 2. The normalized spacial score (nSPS) is 19.2. The third-order valence-electron chi connectivity index (χ3n) is 2.51. The maximum Gasteiger partial charge on any atom is 0.217 e. The molecular formula is C14H19N3O. The highest BCUT2D eigenvalue weighted by atomic mass is 16.5. The molecule has 1 N–H and O–H groups in total. The molecular weight excluding hydrogens is 226 g/mol. The second kappa shape index (κ2) is 5.36. The lowest BCUT2D eigenvalue weighted by molar-refractivity contribution is 0.213. The number of hydrogen-bond donors (Lipinski definition) is 1. The molecule has 0 bridgehead atoms. The molecule has 1 aliphatic heterocycles. The van der Waals surface area contributed by atoms with Crippen LogP contribution in [0.4, 0.5) is 0 Å². The van der Waals surface area contributed by atoms with Gasteiger partial charge in [-0.1, -0.05) is 5.92 Å². The van der Waals surface area contributed by atoms with Crippen LogP contribution in [0.5, 0.6) is 5.88 Å². The molecule has 2 heterocycles. The molecule has 0 spiro atoms. The van der Waals surface area contributed by atoms with Crippen LogP contribution in [0.15, 0.2) is 12.4 Å². The van der Waals surface area contributed by atoms with Crippen molar-refractivity contribution >= 4 is 0 Å². The summed E-state index contributed by atoms with van der Waals surface area (Å²) in [4.78, 5) is 8.26. The van der Waals surface area contributed by atoms with E-state index in [0.717, 1.165) is 19.5 Å². The zero-order valence-electron chi connectivity index (χ0n) is 11.2. The Hall–Kier alpha value is -1.60. The van der Waals surface area contributed by atoms with Gasteiger partial charge < -0.3 is 10.1 Å². The minimum Gasteiger partial charge on any atom is -0.473 e. The maximum absolute atomic E-state index is 5.77. The van der Waals surface area contributed by atoms with Crippen molar-refractivity contribution < 1.29 is 4.74 Å². The van der Waals surface area contributed by atoms with Crippen molar-refractivity contribution in [2.45, 2.75) is 33.3 Å². The maximum atomic E-state index is 5.77. The standard InChI is InChI=1S/C14H19N3O/c1-14(2,3)6-4-11-8-13(17-10-16-11)18-12-5-7-15-9-12/h8,10,12,15H,5,7,9H2,1-3H3. The molecule has 0 saturated carbocycles. The fourth-order valence-corrected chi connectivity index (χ4v) is 1.62. The van der Waals surface area contributed by atoms with E-state index in [-0.39, 0.29) is 11.5 Å². The zero-order chi connectivity index (χ0) is 13.0. The molecule has 1 atom stereocenters. The number of ether oxygens (including phenoxy) is 1. The minimum atomic E-state index is -0.0264. The highest BCUT2D eigenvalue weighted by Gasteiger charge is 2.16. The van der Waals surface area contributed by atoms with Crippen molar-refractivity contribution in [2.75, 3.05) is 13.1 Å². The minimum absolute atomic E-state index is 0.0264. The zero-order valence-corrected chi connectivity index (χ0v) is 11.2. The van der Waals surface area contributed by atoms with Gasteiger partial charge >= 0.3 is 0 Å². The first-order chi connectivity index (χ1) is 8.53. The molecule has 1 aromatic heterocycles. The van der Waals surface area contributed by atoms with Gasteiger partial charge in [0.15, 0.2) is 0 Å². The topological polar surface area (TPSA) is 47.0 Å². The van der Waals surface area contributed by atoms with Crippen LogP contribution >= 0.6 is 0 Å². The summed E-state index contributed by atoms with van der Waals surface area (Å²) in [5, 5.41) is 3.26. The lowest BCUT2D eigenvalue weighted by Crippen LogP contribution is -2.20. The van der Waals surface area contributed by atoms with Gasteiger partial charge in [0.25, 0.3) is 0 Å². The van der Waals surface area contributed by atoms with Gasteiger partial charge in [-0.3, -0.25) is 0 Å². The van der Waals surface area contributed by atoms with Crippen molar-refractivity contribution in [3.05, 3.63) is 18.1 Å². The molecule has 4 nitrogen and oxygen atoms in total. The SMILES string of the molecule is CC(C)(C)C#Cc1cc(OC2CCNC2)ncn1. The average molecular weight is 245 g/mol. The van der Waals surface area contributed by atoms with Crippen LogP contribution in [-0.4, -0.2) is 29.2 Å². The smallest absolute Gasteiger partial charge is 0.217 e. The monoisotopic (exact) mass is 245 g/mol. The Kier molecular flexibility index (Phi) is 3.83. The quantitative estimate of drug-likeness (QED) is 0.804. The molecule has 0 aliphatic carbocycles. The number of rotatable bonds is 2. The summed E-state index contributed by atoms with van der Waals surface area (Å²) in [5.41, 5.74) is 0.683. The molecule has 1 aliphatic rings. The van der Waals surface area contributed by atoms with Crippen molar-refractivity contribution in [1.82, 2.24) is 15.3 Å². The Balaban J connectivity index is 2.06. The number of nitrogens with zero attached hydrogens (tertiary/aromatic N) is 2. The van der Waals surface area contributed by atoms with E-state index in [1.165, 1.54) is 6.33 Å². The Morgan fingerprint density at radius 2 is 2.22 bits per heavy atom. The van der Waals surface area contributed by atoms with E-state index in [1.54, 1.807) is 6.07 Å². The van der Waals surface area contributed by atoms with Crippen LogP contribution in [0, 0.1) is 17.3 Å². The Morgan fingerprint density at radius 3 is 2.89 bits per heavy atom. The number of nitrogens with one attached hydrogen (secondary N) is 1. The van der Waals surface area contributed by atoms with Gasteiger partial charge in [-0.2, -0.15) is 0 Å². The van der Waals surface area contributed by atoms with E-state index in [4.69, 9.17) is 4.74 Å². The van der Waals surface area contributed by atoms with E-state index in [0.29, 0.717) is 11.6 Å². The molecule has 18 heavy (non-hydrogen) atoms. The molecule has 0 radical (unpaired) electrons. The summed E-state index contributed by atoms with van der Waals surface area (Å²) >= 11 is 0. The second-order valence-corrected chi connectivity index (χ2v) is 5.47. The first-order valence-electron chi connectivity index (χ1n) is 6.25. The predicted molar refractivity (Wildman–Crippen MR) is 70.3 cm³/mol. The molecule has 1 unspecified atom stereocenters. The van der Waals surface area contributed by atoms with Crippen LogP contribution in [0.3, 0.4) is 0 Å². The van der Waals surface area contributed by atoms with Crippen molar-refractivity contribution in [3.63, 3.8) is 0 Å². The lowest BCUT2D eigenvalue weighted by atomic mass is 9.98. The molecule has 4 heteroatoms. The molecule has 96 valence electrons. The molecule has 1 fully saturated rings. The fraction of sp³-hybridized carbons (Fsp3) is 0.571. The largest absolute Gasteiger partial charge is 0.473 e. The highest BCUT2D eigenvalue weighted by Crippen LogP contribution is 2.13. The van der Waals surface area contributed by atoms with Gasteiger partial charge in [-0.05, 0) is 39.7 Å². The van der Waals surface area contributed by atoms with E-state index in [1.807, 2.05) is 0 Å². The highest BCUT2D eigenvalue weighted by molar-refractivity contribution is 5.31. The number of hydrogen-bond acceptors (Lipinski definition) is 4. The Morgan fingerprint density at radius 1 is 1.39 bits per heavy atom. The Labute approximate surface area is 108 Å². The van der Waals surface area contributed by atoms with Gasteiger partial charge in [0, 0.05) is 18.0 Å². The summed E-state index contributed by atoms with van der Waals surface area (Å²) < 4.78 is 5.77. The molecule has 0 amide bonds. The van der Waals surface area contributed by atoms with Gasteiger partial charge in [-0.25, -0.2) is 9.97 Å². The molecule has 1 aromatic rings. The van der Waals surface area contributed by atoms with Gasteiger partial charge in [0.1, 0.15) is 18.1 Å². The second-order valence-electron chi connectivity index (χ2n) is 5.47. The van der Waals surface area contributed by atoms with Crippen LogP contribution < -0.4 is 10.1 Å². The summed E-state index contributed by atoms with van der Waals surface area (Å²) in [6.07, 6.45) is 2.74. The fourth-order valence-electron chi connectivity index (χ4n) is 1.62.